The molecule has 0 heterocycles. The SMILES string of the molecule is CCOC(=O)C(N)C[N+](=O)[O-]. The third-order valence-electron chi connectivity index (χ3n) is 0.935. The highest BCUT2D eigenvalue weighted by molar-refractivity contribution is 5.75. The number of ether oxygens (including phenoxy) is 1. The summed E-state index contributed by atoms with van der Waals surface area (Å²) in [6.45, 7) is 1.21. The molecule has 64 valence electrons. The van der Waals surface area contributed by atoms with Crippen LogP contribution in [-0.2, 0) is 9.53 Å². The summed E-state index contributed by atoms with van der Waals surface area (Å²) in [5.74, 6) is -0.732. The Kier molecular flexibility index (Phi) is 4.12. The molecule has 0 aliphatic carbocycles. The molecule has 0 saturated heterocycles. The van der Waals surface area contributed by atoms with Crippen LogP contribution in [0.1, 0.15) is 6.92 Å². The van der Waals surface area contributed by atoms with E-state index in [0.29, 0.717) is 0 Å². The second kappa shape index (κ2) is 4.62. The average molecular weight is 162 g/mol. The van der Waals surface area contributed by atoms with Crippen molar-refractivity contribution >= 4 is 5.97 Å². The van der Waals surface area contributed by atoms with Gasteiger partial charge in [-0.25, -0.2) is 0 Å². The lowest BCUT2D eigenvalue weighted by molar-refractivity contribution is -0.480. The number of esters is 1. The van der Waals surface area contributed by atoms with E-state index >= 15 is 0 Å². The topological polar surface area (TPSA) is 95.5 Å². The fourth-order valence-electron chi connectivity index (χ4n) is 0.484. The van der Waals surface area contributed by atoms with E-state index in [-0.39, 0.29) is 6.61 Å². The summed E-state index contributed by atoms with van der Waals surface area (Å²) in [6.07, 6.45) is 0. The predicted octanol–water partition coefficient (Wildman–Crippen LogP) is -0.846. The normalized spacial score (nSPS) is 12.2. The molecule has 0 spiro atoms. The van der Waals surface area contributed by atoms with Gasteiger partial charge >= 0.3 is 5.97 Å². The number of nitrogens with zero attached hydrogens (tertiary/aromatic N) is 1. The quantitative estimate of drug-likeness (QED) is 0.330. The van der Waals surface area contributed by atoms with Crippen molar-refractivity contribution in [2.45, 2.75) is 13.0 Å². The Morgan fingerprint density at radius 1 is 1.82 bits per heavy atom. The van der Waals surface area contributed by atoms with Crippen LogP contribution in [0.5, 0.6) is 0 Å². The average Bonchev–Trinajstić information content (AvgIpc) is 1.86. The highest BCUT2D eigenvalue weighted by Crippen LogP contribution is 1.85. The Balaban J connectivity index is 3.73. The summed E-state index contributed by atoms with van der Waals surface area (Å²) >= 11 is 0. The van der Waals surface area contributed by atoms with Crippen molar-refractivity contribution in [2.75, 3.05) is 13.2 Å². The molecule has 1 atom stereocenters. The van der Waals surface area contributed by atoms with E-state index in [1.807, 2.05) is 0 Å². The van der Waals surface area contributed by atoms with Crippen LogP contribution in [0.25, 0.3) is 0 Å². The van der Waals surface area contributed by atoms with Crippen molar-refractivity contribution in [2.24, 2.45) is 5.73 Å². The first kappa shape index (κ1) is 9.83. The van der Waals surface area contributed by atoms with E-state index in [2.05, 4.69) is 4.74 Å². The van der Waals surface area contributed by atoms with Gasteiger partial charge in [0.15, 0.2) is 6.04 Å². The Morgan fingerprint density at radius 2 is 2.36 bits per heavy atom. The highest BCUT2D eigenvalue weighted by Gasteiger charge is 2.19. The van der Waals surface area contributed by atoms with Gasteiger partial charge in [0.1, 0.15) is 0 Å². The molecule has 6 heteroatoms. The van der Waals surface area contributed by atoms with Gasteiger partial charge < -0.3 is 10.5 Å². The van der Waals surface area contributed by atoms with Gasteiger partial charge in [0.25, 0.3) is 0 Å². The van der Waals surface area contributed by atoms with Crippen LogP contribution in [0, 0.1) is 10.1 Å². The Bertz CT molecular complexity index is 159. The van der Waals surface area contributed by atoms with Crippen molar-refractivity contribution < 1.29 is 14.5 Å². The van der Waals surface area contributed by atoms with Gasteiger partial charge in [0, 0.05) is 4.92 Å². The van der Waals surface area contributed by atoms with Crippen LogP contribution >= 0.6 is 0 Å². The summed E-state index contributed by atoms with van der Waals surface area (Å²) in [6, 6.07) is -1.15. The summed E-state index contributed by atoms with van der Waals surface area (Å²) in [5.41, 5.74) is 5.09. The Morgan fingerprint density at radius 3 is 2.73 bits per heavy atom. The Labute approximate surface area is 63.5 Å². The lowest BCUT2D eigenvalue weighted by Crippen LogP contribution is -2.38. The maximum Gasteiger partial charge on any atom is 0.329 e. The van der Waals surface area contributed by atoms with Gasteiger partial charge in [0.2, 0.25) is 6.54 Å². The largest absolute Gasteiger partial charge is 0.465 e. The van der Waals surface area contributed by atoms with Gasteiger partial charge in [-0.1, -0.05) is 0 Å². The number of carbonyl (C=O) groups excluding carboxylic acids is 1. The summed E-state index contributed by atoms with van der Waals surface area (Å²) in [7, 11) is 0. The van der Waals surface area contributed by atoms with E-state index in [4.69, 9.17) is 5.73 Å². The molecule has 0 aromatic rings. The van der Waals surface area contributed by atoms with E-state index < -0.39 is 23.5 Å². The minimum Gasteiger partial charge on any atom is -0.465 e. The van der Waals surface area contributed by atoms with Gasteiger partial charge in [-0.15, -0.1) is 0 Å². The molecule has 0 aliphatic heterocycles. The zero-order chi connectivity index (χ0) is 8.85. The molecule has 0 aromatic carbocycles. The second-order valence-corrected chi connectivity index (χ2v) is 1.87. The fourth-order valence-corrected chi connectivity index (χ4v) is 0.484. The van der Waals surface area contributed by atoms with Crippen LogP contribution in [0.15, 0.2) is 0 Å². The second-order valence-electron chi connectivity index (χ2n) is 1.87. The van der Waals surface area contributed by atoms with E-state index in [1.165, 1.54) is 0 Å². The number of hydrogen-bond donors (Lipinski definition) is 1. The lowest BCUT2D eigenvalue weighted by atomic mass is 10.3. The first-order valence-electron chi connectivity index (χ1n) is 3.12. The van der Waals surface area contributed by atoms with Crippen LogP contribution in [0.3, 0.4) is 0 Å². The van der Waals surface area contributed by atoms with E-state index in [9.17, 15) is 14.9 Å². The smallest absolute Gasteiger partial charge is 0.329 e. The number of nitro groups is 1. The minimum absolute atomic E-state index is 0.185. The first-order valence-corrected chi connectivity index (χ1v) is 3.12. The summed E-state index contributed by atoms with van der Waals surface area (Å²) < 4.78 is 4.44. The van der Waals surface area contributed by atoms with Crippen molar-refractivity contribution in [3.8, 4) is 0 Å². The molecule has 0 fully saturated rings. The zero-order valence-corrected chi connectivity index (χ0v) is 6.15. The molecule has 0 amide bonds. The minimum atomic E-state index is -1.15. The third-order valence-corrected chi connectivity index (χ3v) is 0.935. The number of nitrogens with two attached hydrogens (primary N) is 1. The first-order chi connectivity index (χ1) is 5.07. The predicted molar refractivity (Wildman–Crippen MR) is 36.5 cm³/mol. The van der Waals surface area contributed by atoms with Crippen LogP contribution in [0.2, 0.25) is 0 Å². The van der Waals surface area contributed by atoms with Crippen LogP contribution < -0.4 is 5.73 Å². The molecule has 0 bridgehead atoms. The van der Waals surface area contributed by atoms with Gasteiger partial charge in [0.05, 0.1) is 6.61 Å². The zero-order valence-electron chi connectivity index (χ0n) is 6.15. The van der Waals surface area contributed by atoms with E-state index in [1.54, 1.807) is 6.92 Å². The molecule has 1 unspecified atom stereocenters. The van der Waals surface area contributed by atoms with Gasteiger partial charge in [-0.2, -0.15) is 0 Å². The Hall–Kier alpha value is -1.17. The molecule has 0 aromatic heterocycles. The number of hydrogen-bond acceptors (Lipinski definition) is 5. The molecule has 6 nitrogen and oxygen atoms in total. The highest BCUT2D eigenvalue weighted by atomic mass is 16.6. The molecule has 0 aliphatic rings. The van der Waals surface area contributed by atoms with Gasteiger partial charge in [-0.3, -0.25) is 14.9 Å². The molecule has 2 N–H and O–H groups in total. The lowest BCUT2D eigenvalue weighted by Gasteiger charge is -2.04. The van der Waals surface area contributed by atoms with Gasteiger partial charge in [-0.05, 0) is 6.92 Å². The number of rotatable bonds is 4. The molecular formula is C5H10N2O4. The van der Waals surface area contributed by atoms with Crippen LogP contribution in [-0.4, -0.2) is 30.1 Å². The summed E-state index contributed by atoms with van der Waals surface area (Å²) in [4.78, 5) is 19.8. The molecule has 0 radical (unpaired) electrons. The van der Waals surface area contributed by atoms with Crippen molar-refractivity contribution in [1.82, 2.24) is 0 Å². The third kappa shape index (κ3) is 4.26. The molecule has 11 heavy (non-hydrogen) atoms. The fraction of sp³-hybridized carbons (Fsp3) is 0.800. The molecule has 0 rings (SSSR count). The monoisotopic (exact) mass is 162 g/mol. The van der Waals surface area contributed by atoms with Crippen molar-refractivity contribution in [1.29, 1.82) is 0 Å². The van der Waals surface area contributed by atoms with Crippen molar-refractivity contribution in [3.05, 3.63) is 10.1 Å². The van der Waals surface area contributed by atoms with Crippen LogP contribution in [0.4, 0.5) is 0 Å². The summed E-state index contributed by atoms with van der Waals surface area (Å²) in [5, 5.41) is 9.84. The van der Waals surface area contributed by atoms with Crippen molar-refractivity contribution in [3.63, 3.8) is 0 Å². The molecular weight excluding hydrogens is 152 g/mol. The number of carbonyl (C=O) groups is 1. The standard InChI is InChI=1S/C5H10N2O4/c1-2-11-5(8)4(6)3-7(9)10/h4H,2-3,6H2,1H3. The molecule has 0 saturated carbocycles. The maximum atomic E-state index is 10.6. The maximum absolute atomic E-state index is 10.6. The van der Waals surface area contributed by atoms with E-state index in [0.717, 1.165) is 0 Å².